The molecule has 5 heteroatoms. The summed E-state index contributed by atoms with van der Waals surface area (Å²) in [5, 5.41) is 0. The molecule has 0 radical (unpaired) electrons. The molecule has 0 aromatic heterocycles. The fraction of sp³-hybridized carbons (Fsp3) is 0.231. The van der Waals surface area contributed by atoms with Crippen LogP contribution in [-0.4, -0.2) is 25.7 Å². The van der Waals surface area contributed by atoms with E-state index in [1.165, 1.54) is 12.1 Å². The molecule has 0 bridgehead atoms. The van der Waals surface area contributed by atoms with Crippen LogP contribution in [0.4, 0.5) is 4.39 Å². The van der Waals surface area contributed by atoms with Crippen molar-refractivity contribution < 1.29 is 23.5 Å². The summed E-state index contributed by atoms with van der Waals surface area (Å²) in [6.07, 6.45) is 0. The number of halogens is 1. The first-order valence-electron chi connectivity index (χ1n) is 5.15. The van der Waals surface area contributed by atoms with Crippen LogP contribution in [-0.2, 0) is 14.3 Å². The number of esters is 2. The van der Waals surface area contributed by atoms with Gasteiger partial charge in [0.05, 0.1) is 19.3 Å². The molecule has 0 spiro atoms. The minimum atomic E-state index is -0.766. The molecule has 0 saturated carbocycles. The zero-order valence-electron chi connectivity index (χ0n) is 9.95. The lowest BCUT2D eigenvalue weighted by Crippen LogP contribution is -2.04. The maximum Gasteiger partial charge on any atom is 0.384 e. The number of benzene rings is 1. The van der Waals surface area contributed by atoms with Gasteiger partial charge in [0.1, 0.15) is 5.82 Å². The van der Waals surface area contributed by atoms with Crippen LogP contribution in [0.5, 0.6) is 0 Å². The van der Waals surface area contributed by atoms with Gasteiger partial charge in [-0.1, -0.05) is 5.92 Å². The van der Waals surface area contributed by atoms with E-state index in [1.807, 2.05) is 0 Å². The quantitative estimate of drug-likeness (QED) is 0.590. The van der Waals surface area contributed by atoms with Crippen LogP contribution in [0.25, 0.3) is 0 Å². The fourth-order valence-corrected chi connectivity index (χ4v) is 1.16. The van der Waals surface area contributed by atoms with E-state index in [1.54, 1.807) is 6.92 Å². The monoisotopic (exact) mass is 250 g/mol. The molecule has 18 heavy (non-hydrogen) atoms. The average molecular weight is 250 g/mol. The Labute approximate surface area is 104 Å². The Bertz CT molecular complexity index is 526. The molecule has 0 saturated heterocycles. The van der Waals surface area contributed by atoms with Crippen LogP contribution >= 0.6 is 0 Å². The molecule has 94 valence electrons. The third-order valence-corrected chi connectivity index (χ3v) is 1.96. The number of carbonyl (C=O) groups excluding carboxylic acids is 2. The summed E-state index contributed by atoms with van der Waals surface area (Å²) in [6, 6.07) is 3.72. The zero-order valence-corrected chi connectivity index (χ0v) is 9.95. The topological polar surface area (TPSA) is 52.6 Å². The zero-order chi connectivity index (χ0) is 13.5. The van der Waals surface area contributed by atoms with Crippen molar-refractivity contribution >= 4 is 11.9 Å². The van der Waals surface area contributed by atoms with E-state index >= 15 is 0 Å². The van der Waals surface area contributed by atoms with Crippen molar-refractivity contribution in [2.24, 2.45) is 0 Å². The molecular formula is C13H11FO4. The van der Waals surface area contributed by atoms with Crippen molar-refractivity contribution in [2.75, 3.05) is 13.7 Å². The lowest BCUT2D eigenvalue weighted by molar-refractivity contribution is -0.136. The average Bonchev–Trinajstić information content (AvgIpc) is 2.36. The molecule has 0 aliphatic rings. The Morgan fingerprint density at radius 3 is 2.67 bits per heavy atom. The maximum atomic E-state index is 13.5. The predicted octanol–water partition coefficient (Wildman–Crippen LogP) is 1.53. The van der Waals surface area contributed by atoms with Crippen molar-refractivity contribution in [3.63, 3.8) is 0 Å². The fourth-order valence-electron chi connectivity index (χ4n) is 1.16. The summed E-state index contributed by atoms with van der Waals surface area (Å²) in [7, 11) is 1.16. The van der Waals surface area contributed by atoms with E-state index in [4.69, 9.17) is 0 Å². The first kappa shape index (κ1) is 13.7. The molecule has 0 heterocycles. The van der Waals surface area contributed by atoms with E-state index in [2.05, 4.69) is 21.3 Å². The van der Waals surface area contributed by atoms with E-state index < -0.39 is 17.8 Å². The molecule has 0 aliphatic carbocycles. The molecule has 0 N–H and O–H groups in total. The Kier molecular flexibility index (Phi) is 4.88. The third kappa shape index (κ3) is 3.59. The highest BCUT2D eigenvalue weighted by molar-refractivity contribution is 5.90. The summed E-state index contributed by atoms with van der Waals surface area (Å²) >= 11 is 0. The Balaban J connectivity index is 2.91. The van der Waals surface area contributed by atoms with Gasteiger partial charge in [0.2, 0.25) is 0 Å². The number of carbonyl (C=O) groups is 2. The molecule has 1 aromatic rings. The summed E-state index contributed by atoms with van der Waals surface area (Å²) in [6.45, 7) is 1.88. The molecule has 0 amide bonds. The van der Waals surface area contributed by atoms with Gasteiger partial charge < -0.3 is 9.47 Å². The van der Waals surface area contributed by atoms with Crippen LogP contribution in [0.3, 0.4) is 0 Å². The Hall–Kier alpha value is -2.35. The van der Waals surface area contributed by atoms with Crippen molar-refractivity contribution in [1.82, 2.24) is 0 Å². The summed E-state index contributed by atoms with van der Waals surface area (Å²) in [4.78, 5) is 22.1. The van der Waals surface area contributed by atoms with Gasteiger partial charge in [-0.15, -0.1) is 0 Å². The second-order valence-electron chi connectivity index (χ2n) is 3.16. The van der Waals surface area contributed by atoms with Gasteiger partial charge in [0.25, 0.3) is 0 Å². The van der Waals surface area contributed by atoms with Crippen molar-refractivity contribution in [1.29, 1.82) is 0 Å². The summed E-state index contributed by atoms with van der Waals surface area (Å²) < 4.78 is 22.5. The Morgan fingerprint density at radius 1 is 1.39 bits per heavy atom. The largest absolute Gasteiger partial charge is 0.465 e. The van der Waals surface area contributed by atoms with Gasteiger partial charge in [-0.3, -0.25) is 0 Å². The van der Waals surface area contributed by atoms with E-state index in [9.17, 15) is 14.0 Å². The highest BCUT2D eigenvalue weighted by atomic mass is 19.1. The first-order chi connectivity index (χ1) is 8.58. The van der Waals surface area contributed by atoms with Gasteiger partial charge >= 0.3 is 11.9 Å². The van der Waals surface area contributed by atoms with Crippen LogP contribution < -0.4 is 0 Å². The smallest absolute Gasteiger partial charge is 0.384 e. The van der Waals surface area contributed by atoms with Crippen LogP contribution in [0.1, 0.15) is 22.8 Å². The van der Waals surface area contributed by atoms with Crippen molar-refractivity contribution in [3.05, 3.63) is 35.1 Å². The van der Waals surface area contributed by atoms with Gasteiger partial charge in [-0.25, -0.2) is 14.0 Å². The van der Waals surface area contributed by atoms with Crippen LogP contribution in [0.15, 0.2) is 18.2 Å². The molecule has 1 aromatic carbocycles. The minimum Gasteiger partial charge on any atom is -0.465 e. The molecule has 1 rings (SSSR count). The maximum absolute atomic E-state index is 13.5. The van der Waals surface area contributed by atoms with E-state index in [-0.39, 0.29) is 17.7 Å². The van der Waals surface area contributed by atoms with Crippen molar-refractivity contribution in [3.8, 4) is 11.8 Å². The summed E-state index contributed by atoms with van der Waals surface area (Å²) in [5.41, 5.74) is 0.0902. The van der Waals surface area contributed by atoms with E-state index in [0.29, 0.717) is 0 Å². The second kappa shape index (κ2) is 6.40. The standard InChI is InChI=1S/C13H11FO4/c1-3-18-12(15)7-5-9-4-6-10(11(14)8-9)13(16)17-2/h4,6,8H,3H2,1-2H3. The number of hydrogen-bond donors (Lipinski definition) is 0. The predicted molar refractivity (Wildman–Crippen MR) is 61.3 cm³/mol. The molecule has 0 atom stereocenters. The molecule has 0 unspecified atom stereocenters. The lowest BCUT2D eigenvalue weighted by Gasteiger charge is -2.00. The number of rotatable bonds is 2. The minimum absolute atomic E-state index is 0.181. The first-order valence-corrected chi connectivity index (χ1v) is 5.15. The summed E-state index contributed by atoms with van der Waals surface area (Å²) in [5.74, 6) is 2.43. The molecule has 0 aliphatic heterocycles. The highest BCUT2D eigenvalue weighted by Gasteiger charge is 2.11. The lowest BCUT2D eigenvalue weighted by atomic mass is 10.1. The number of methoxy groups -OCH3 is 1. The van der Waals surface area contributed by atoms with Gasteiger partial charge in [0, 0.05) is 11.5 Å². The van der Waals surface area contributed by atoms with Crippen LogP contribution in [0.2, 0.25) is 0 Å². The number of ether oxygens (including phenoxy) is 2. The Morgan fingerprint density at radius 2 is 2.11 bits per heavy atom. The molecular weight excluding hydrogens is 239 g/mol. The number of hydrogen-bond acceptors (Lipinski definition) is 4. The van der Waals surface area contributed by atoms with Crippen molar-refractivity contribution in [2.45, 2.75) is 6.92 Å². The normalized spacial score (nSPS) is 9.06. The molecule has 0 fully saturated rings. The van der Waals surface area contributed by atoms with Crippen LogP contribution in [0, 0.1) is 17.7 Å². The second-order valence-corrected chi connectivity index (χ2v) is 3.16. The van der Waals surface area contributed by atoms with Gasteiger partial charge in [-0.05, 0) is 25.1 Å². The molecule has 4 nitrogen and oxygen atoms in total. The van der Waals surface area contributed by atoms with E-state index in [0.717, 1.165) is 13.2 Å². The SMILES string of the molecule is CCOC(=O)C#Cc1ccc(C(=O)OC)c(F)c1. The van der Waals surface area contributed by atoms with Gasteiger partial charge in [-0.2, -0.15) is 0 Å². The third-order valence-electron chi connectivity index (χ3n) is 1.96. The van der Waals surface area contributed by atoms with Gasteiger partial charge in [0.15, 0.2) is 0 Å². The highest BCUT2D eigenvalue weighted by Crippen LogP contribution is 2.10.